The molecular formula is C18H26O2. The molecule has 1 aliphatic rings. The van der Waals surface area contributed by atoms with Crippen molar-refractivity contribution in [1.82, 2.24) is 0 Å². The Kier molecular flexibility index (Phi) is 11.4. The van der Waals surface area contributed by atoms with E-state index in [1.807, 2.05) is 0 Å². The maximum Gasteiger partial charge on any atom is 0.131 e. The van der Waals surface area contributed by atoms with Crippen LogP contribution in [0.15, 0.2) is 23.8 Å². The molecule has 110 valence electrons. The minimum atomic E-state index is 0.285. The summed E-state index contributed by atoms with van der Waals surface area (Å²) in [4.78, 5) is 20.0. The summed E-state index contributed by atoms with van der Waals surface area (Å²) < 4.78 is 0. The Morgan fingerprint density at radius 2 is 2.15 bits per heavy atom. The molecule has 0 aliphatic heterocycles. The van der Waals surface area contributed by atoms with Crippen molar-refractivity contribution in [2.75, 3.05) is 0 Å². The second-order valence-electron chi connectivity index (χ2n) is 5.21. The second kappa shape index (κ2) is 12.4. The molecule has 0 fully saturated rings. The molecule has 2 heteroatoms. The first-order valence-electron chi connectivity index (χ1n) is 7.27. The van der Waals surface area contributed by atoms with E-state index >= 15 is 0 Å². The minimum absolute atomic E-state index is 0.285. The molecule has 0 heterocycles. The van der Waals surface area contributed by atoms with E-state index < -0.39 is 0 Å². The fraction of sp³-hybridized carbons (Fsp3) is 0.556. The van der Waals surface area contributed by atoms with Crippen molar-refractivity contribution >= 4 is 12.6 Å². The third-order valence-corrected chi connectivity index (χ3v) is 3.00. The van der Waals surface area contributed by atoms with Crippen LogP contribution in [-0.4, -0.2) is 12.6 Å². The molecule has 1 rings (SSSR count). The Balaban J connectivity index is 0.000000511. The van der Waals surface area contributed by atoms with Gasteiger partial charge in [0, 0.05) is 5.92 Å². The maximum atomic E-state index is 10.5. The van der Waals surface area contributed by atoms with Crippen LogP contribution in [0.25, 0.3) is 0 Å². The molecule has 20 heavy (non-hydrogen) atoms. The number of rotatable bonds is 5. The lowest BCUT2D eigenvalue weighted by Gasteiger charge is -2.16. The minimum Gasteiger partial charge on any atom is -0.303 e. The van der Waals surface area contributed by atoms with Crippen LogP contribution in [0.2, 0.25) is 0 Å². The number of allylic oxidation sites excluding steroid dienone is 4. The lowest BCUT2D eigenvalue weighted by atomic mass is 9.89. The Labute approximate surface area is 123 Å². The van der Waals surface area contributed by atoms with Crippen LogP contribution in [-0.2, 0) is 9.59 Å². The second-order valence-corrected chi connectivity index (χ2v) is 5.21. The Bertz CT molecular complexity index is 391. The molecule has 1 unspecified atom stereocenters. The average molecular weight is 274 g/mol. The quantitative estimate of drug-likeness (QED) is 0.429. The molecule has 0 spiro atoms. The number of hydrogen-bond acceptors (Lipinski definition) is 2. The molecule has 1 aliphatic carbocycles. The van der Waals surface area contributed by atoms with Gasteiger partial charge < -0.3 is 9.59 Å². The van der Waals surface area contributed by atoms with Crippen LogP contribution in [0, 0.1) is 23.7 Å². The maximum absolute atomic E-state index is 10.5. The molecule has 0 aromatic carbocycles. The van der Waals surface area contributed by atoms with Gasteiger partial charge >= 0.3 is 0 Å². The highest BCUT2D eigenvalue weighted by molar-refractivity contribution is 5.54. The molecule has 0 N–H and O–H groups in total. The van der Waals surface area contributed by atoms with E-state index in [1.54, 1.807) is 6.92 Å². The van der Waals surface area contributed by atoms with Crippen molar-refractivity contribution in [3.05, 3.63) is 23.8 Å². The van der Waals surface area contributed by atoms with E-state index in [0.717, 1.165) is 38.3 Å². The molecule has 0 aromatic rings. The van der Waals surface area contributed by atoms with Gasteiger partial charge in [-0.15, -0.1) is 5.92 Å². The summed E-state index contributed by atoms with van der Waals surface area (Å²) in [7, 11) is 0. The molecule has 0 bridgehead atoms. The summed E-state index contributed by atoms with van der Waals surface area (Å²) in [6.45, 7) is 6.09. The molecule has 0 radical (unpaired) electrons. The third-order valence-electron chi connectivity index (χ3n) is 3.00. The number of aldehydes is 2. The summed E-state index contributed by atoms with van der Waals surface area (Å²) >= 11 is 0. The lowest BCUT2D eigenvalue weighted by molar-refractivity contribution is -0.111. The number of carbonyl (C=O) groups excluding carboxylic acids is 2. The fourth-order valence-corrected chi connectivity index (χ4v) is 1.85. The van der Waals surface area contributed by atoms with Gasteiger partial charge in [-0.3, -0.25) is 0 Å². The van der Waals surface area contributed by atoms with Gasteiger partial charge in [0.05, 0.1) is 6.42 Å². The van der Waals surface area contributed by atoms with Crippen LogP contribution < -0.4 is 0 Å². The summed E-state index contributed by atoms with van der Waals surface area (Å²) in [5.74, 6) is 6.09. The summed E-state index contributed by atoms with van der Waals surface area (Å²) in [5.41, 5.74) is 1.50. The van der Waals surface area contributed by atoms with E-state index in [9.17, 15) is 9.59 Å². The monoisotopic (exact) mass is 274 g/mol. The SMILES string of the molecule is CC#CCC=O.CC(C)C=CCC1=CCC(C=O)CC1. The average Bonchev–Trinajstić information content (AvgIpc) is 2.46. The number of hydrogen-bond donors (Lipinski definition) is 0. The number of carbonyl (C=O) groups is 2. The van der Waals surface area contributed by atoms with Crippen molar-refractivity contribution in [3.8, 4) is 11.8 Å². The Hall–Kier alpha value is -1.62. The summed E-state index contributed by atoms with van der Waals surface area (Å²) in [5, 5.41) is 0. The molecule has 0 saturated heterocycles. The standard InChI is InChI=1S/C13H20O.C5H6O/c1-11(2)4-3-5-12-6-8-13(10-14)9-7-12;1-2-3-4-5-6/h3-4,6,10-11,13H,5,7-9H2,1-2H3;5H,4H2,1H3. The van der Waals surface area contributed by atoms with Crippen molar-refractivity contribution in [3.63, 3.8) is 0 Å². The molecule has 0 amide bonds. The molecule has 0 saturated carbocycles. The highest BCUT2D eigenvalue weighted by atomic mass is 16.1. The molecule has 0 aromatic heterocycles. The lowest BCUT2D eigenvalue weighted by Crippen LogP contribution is -2.06. The fourth-order valence-electron chi connectivity index (χ4n) is 1.85. The Morgan fingerprint density at radius 3 is 2.55 bits per heavy atom. The highest BCUT2D eigenvalue weighted by Crippen LogP contribution is 2.24. The van der Waals surface area contributed by atoms with E-state index in [2.05, 4.69) is 43.9 Å². The van der Waals surface area contributed by atoms with Gasteiger partial charge in [0.15, 0.2) is 0 Å². The van der Waals surface area contributed by atoms with E-state index in [1.165, 1.54) is 5.57 Å². The smallest absolute Gasteiger partial charge is 0.131 e. The van der Waals surface area contributed by atoms with Gasteiger partial charge in [-0.1, -0.05) is 43.6 Å². The third kappa shape index (κ3) is 10.3. The van der Waals surface area contributed by atoms with Crippen LogP contribution >= 0.6 is 0 Å². The summed E-state index contributed by atoms with van der Waals surface area (Å²) in [6, 6.07) is 0. The van der Waals surface area contributed by atoms with Crippen LogP contribution in [0.3, 0.4) is 0 Å². The largest absolute Gasteiger partial charge is 0.303 e. The zero-order chi connectivity index (χ0) is 15.2. The first-order chi connectivity index (χ1) is 9.63. The van der Waals surface area contributed by atoms with Gasteiger partial charge in [0.1, 0.15) is 12.6 Å². The zero-order valence-corrected chi connectivity index (χ0v) is 12.9. The van der Waals surface area contributed by atoms with Gasteiger partial charge in [-0.05, 0) is 38.5 Å². The van der Waals surface area contributed by atoms with Crippen molar-refractivity contribution < 1.29 is 9.59 Å². The Morgan fingerprint density at radius 1 is 1.40 bits per heavy atom. The van der Waals surface area contributed by atoms with Gasteiger partial charge in [0.2, 0.25) is 0 Å². The topological polar surface area (TPSA) is 34.1 Å². The first kappa shape index (κ1) is 18.4. The molecule has 1 atom stereocenters. The van der Waals surface area contributed by atoms with Crippen molar-refractivity contribution in [2.45, 2.75) is 52.9 Å². The van der Waals surface area contributed by atoms with Crippen LogP contribution in [0.1, 0.15) is 52.9 Å². The van der Waals surface area contributed by atoms with Crippen molar-refractivity contribution in [1.29, 1.82) is 0 Å². The van der Waals surface area contributed by atoms with Crippen molar-refractivity contribution in [2.24, 2.45) is 11.8 Å². The summed E-state index contributed by atoms with van der Waals surface area (Å²) in [6.07, 6.45) is 13.2. The van der Waals surface area contributed by atoms with E-state index in [-0.39, 0.29) is 5.92 Å². The first-order valence-corrected chi connectivity index (χ1v) is 7.27. The predicted molar refractivity (Wildman–Crippen MR) is 84.2 cm³/mol. The van der Waals surface area contributed by atoms with Gasteiger partial charge in [0.25, 0.3) is 0 Å². The van der Waals surface area contributed by atoms with E-state index in [0.29, 0.717) is 12.3 Å². The molecular weight excluding hydrogens is 248 g/mol. The van der Waals surface area contributed by atoms with Gasteiger partial charge in [-0.2, -0.15) is 0 Å². The van der Waals surface area contributed by atoms with Crippen LogP contribution in [0.5, 0.6) is 0 Å². The van der Waals surface area contributed by atoms with E-state index in [4.69, 9.17) is 0 Å². The highest BCUT2D eigenvalue weighted by Gasteiger charge is 2.11. The molecule has 2 nitrogen and oxygen atoms in total. The normalized spacial score (nSPS) is 17.6. The zero-order valence-electron chi connectivity index (χ0n) is 12.9. The van der Waals surface area contributed by atoms with Gasteiger partial charge in [-0.25, -0.2) is 0 Å². The van der Waals surface area contributed by atoms with Crippen LogP contribution in [0.4, 0.5) is 0 Å². The predicted octanol–water partition coefficient (Wildman–Crippen LogP) is 4.11.